The number of aromatic nitrogens is 4. The van der Waals surface area contributed by atoms with Gasteiger partial charge in [-0.25, -0.2) is 9.97 Å². The van der Waals surface area contributed by atoms with Crippen molar-refractivity contribution in [3.05, 3.63) is 108 Å². The molecule has 2 aromatic carbocycles. The summed E-state index contributed by atoms with van der Waals surface area (Å²) in [6.07, 6.45) is 0.458. The van der Waals surface area contributed by atoms with E-state index < -0.39 is 17.7 Å². The number of aliphatic carboxylic acids is 1. The molecule has 0 saturated heterocycles. The fourth-order valence-electron chi connectivity index (χ4n) is 5.68. The number of hydrogen-bond donors (Lipinski definition) is 1. The van der Waals surface area contributed by atoms with E-state index in [1.54, 1.807) is 56.3 Å². The molecule has 0 spiro atoms. The average molecular weight is 715 g/mol. The van der Waals surface area contributed by atoms with Crippen molar-refractivity contribution in [3.8, 4) is 22.6 Å². The lowest BCUT2D eigenvalue weighted by Crippen LogP contribution is -2.28. The Morgan fingerprint density at radius 1 is 0.882 bits per heavy atom. The summed E-state index contributed by atoms with van der Waals surface area (Å²) in [6.45, 7) is 10.3. The first kappa shape index (κ1) is 35.7. The van der Waals surface area contributed by atoms with Crippen molar-refractivity contribution in [1.29, 1.82) is 0 Å². The molecule has 0 unspecified atom stereocenters. The van der Waals surface area contributed by atoms with Crippen molar-refractivity contribution < 1.29 is 32.5 Å². The van der Waals surface area contributed by atoms with Crippen LogP contribution in [0.3, 0.4) is 0 Å². The Morgan fingerprint density at radius 2 is 1.63 bits per heavy atom. The topological polar surface area (TPSA) is 99.4 Å². The number of pyridine rings is 3. The molecule has 1 N–H and O–H groups in total. The third-order valence-electron chi connectivity index (χ3n) is 8.13. The molecule has 6 aromatic rings. The SMILES string of the molecule is CC(C)(C)Sc1c(CC(C)(C)C(=O)O)n(Cc2cncc(-c3ccc(OC(F)(F)F)cc3)c2)c2ncc(OCc3ccc4ccccc4n3)cc12. The molecular formula is C39H37F3N4O4S. The van der Waals surface area contributed by atoms with Gasteiger partial charge in [0.05, 0.1) is 29.4 Å². The van der Waals surface area contributed by atoms with E-state index >= 15 is 0 Å². The first-order valence-electron chi connectivity index (χ1n) is 16.3. The number of rotatable bonds is 11. The second kappa shape index (κ2) is 13.9. The molecule has 264 valence electrons. The van der Waals surface area contributed by atoms with Gasteiger partial charge in [-0.15, -0.1) is 24.9 Å². The van der Waals surface area contributed by atoms with Gasteiger partial charge in [0.1, 0.15) is 23.8 Å². The zero-order valence-corrected chi connectivity index (χ0v) is 29.6. The van der Waals surface area contributed by atoms with E-state index in [0.29, 0.717) is 29.1 Å². The number of hydrogen-bond acceptors (Lipinski definition) is 7. The summed E-state index contributed by atoms with van der Waals surface area (Å²) in [4.78, 5) is 27.4. The quantitative estimate of drug-likeness (QED) is 0.133. The van der Waals surface area contributed by atoms with E-state index in [-0.39, 0.29) is 23.5 Å². The maximum Gasteiger partial charge on any atom is 0.573 e. The number of nitrogens with zero attached hydrogens (tertiary/aromatic N) is 4. The molecule has 0 bridgehead atoms. The number of carbonyl (C=O) groups is 1. The fourth-order valence-corrected chi connectivity index (χ4v) is 6.85. The number of fused-ring (bicyclic) bond motifs is 2. The van der Waals surface area contributed by atoms with Crippen molar-refractivity contribution in [2.75, 3.05) is 0 Å². The molecule has 51 heavy (non-hydrogen) atoms. The zero-order chi connectivity index (χ0) is 36.6. The van der Waals surface area contributed by atoms with Crippen LogP contribution in [0.4, 0.5) is 13.2 Å². The molecule has 0 radical (unpaired) electrons. The number of halogens is 3. The van der Waals surface area contributed by atoms with Crippen molar-refractivity contribution >= 4 is 39.7 Å². The third-order valence-corrected chi connectivity index (χ3v) is 9.40. The third kappa shape index (κ3) is 8.62. The summed E-state index contributed by atoms with van der Waals surface area (Å²) in [5.41, 5.74) is 4.19. The molecule has 12 heteroatoms. The summed E-state index contributed by atoms with van der Waals surface area (Å²) in [5.74, 6) is -0.685. The van der Waals surface area contributed by atoms with Crippen LogP contribution in [-0.2, 0) is 24.4 Å². The highest BCUT2D eigenvalue weighted by atomic mass is 32.2. The summed E-state index contributed by atoms with van der Waals surface area (Å²) in [7, 11) is 0. The Kier molecular flexibility index (Phi) is 9.73. The van der Waals surface area contributed by atoms with Gasteiger partial charge in [0.25, 0.3) is 0 Å². The van der Waals surface area contributed by atoms with Crippen LogP contribution < -0.4 is 9.47 Å². The predicted octanol–water partition coefficient (Wildman–Crippen LogP) is 9.72. The maximum absolute atomic E-state index is 12.7. The second-order valence-corrected chi connectivity index (χ2v) is 15.8. The largest absolute Gasteiger partial charge is 0.573 e. The summed E-state index contributed by atoms with van der Waals surface area (Å²) >= 11 is 1.64. The van der Waals surface area contributed by atoms with Crippen molar-refractivity contribution in [2.45, 2.75) is 70.2 Å². The van der Waals surface area contributed by atoms with Crippen LogP contribution in [0, 0.1) is 5.41 Å². The highest BCUT2D eigenvalue weighted by Crippen LogP contribution is 2.44. The van der Waals surface area contributed by atoms with Crippen molar-refractivity contribution in [2.24, 2.45) is 5.41 Å². The molecule has 0 fully saturated rings. The minimum atomic E-state index is -4.78. The fraction of sp³-hybridized carbons (Fsp3) is 0.282. The number of carboxylic acid groups (broad SMARTS) is 1. The number of benzene rings is 2. The number of alkyl halides is 3. The molecule has 0 atom stereocenters. The molecule has 0 saturated carbocycles. The van der Waals surface area contributed by atoms with E-state index in [9.17, 15) is 23.1 Å². The summed E-state index contributed by atoms with van der Waals surface area (Å²) in [5, 5.41) is 12.1. The molecule has 0 amide bonds. The molecule has 0 aliphatic heterocycles. The first-order chi connectivity index (χ1) is 24.0. The molecular weight excluding hydrogens is 678 g/mol. The molecule has 0 aliphatic carbocycles. The van der Waals surface area contributed by atoms with Crippen LogP contribution in [0.15, 0.2) is 96.3 Å². The Balaban J connectivity index is 1.39. The van der Waals surface area contributed by atoms with Crippen LogP contribution in [0.5, 0.6) is 11.5 Å². The lowest BCUT2D eigenvalue weighted by molar-refractivity contribution is -0.274. The zero-order valence-electron chi connectivity index (χ0n) is 28.8. The number of thioether (sulfide) groups is 1. The van der Waals surface area contributed by atoms with Crippen LogP contribution >= 0.6 is 11.8 Å². The van der Waals surface area contributed by atoms with Gasteiger partial charge < -0.3 is 19.1 Å². The molecule has 8 nitrogen and oxygen atoms in total. The van der Waals surface area contributed by atoms with Gasteiger partial charge in [-0.3, -0.25) is 9.78 Å². The van der Waals surface area contributed by atoms with E-state index in [1.165, 1.54) is 12.1 Å². The van der Waals surface area contributed by atoms with Crippen LogP contribution in [0.1, 0.15) is 51.6 Å². The molecule has 4 heterocycles. The summed E-state index contributed by atoms with van der Waals surface area (Å²) in [6, 6.07) is 21.3. The summed E-state index contributed by atoms with van der Waals surface area (Å²) < 4.78 is 50.2. The smallest absolute Gasteiger partial charge is 0.486 e. The van der Waals surface area contributed by atoms with Gasteiger partial charge in [-0.05, 0) is 61.4 Å². The predicted molar refractivity (Wildman–Crippen MR) is 192 cm³/mol. The van der Waals surface area contributed by atoms with Crippen molar-refractivity contribution in [3.63, 3.8) is 0 Å². The molecule has 0 aliphatic rings. The number of ether oxygens (including phenoxy) is 2. The van der Waals surface area contributed by atoms with Gasteiger partial charge in [0.15, 0.2) is 0 Å². The normalized spacial score (nSPS) is 12.4. The minimum absolute atomic E-state index is 0.224. The minimum Gasteiger partial charge on any atom is -0.486 e. The van der Waals surface area contributed by atoms with E-state index in [0.717, 1.165) is 38.1 Å². The van der Waals surface area contributed by atoms with Gasteiger partial charge in [-0.2, -0.15) is 0 Å². The Bertz CT molecular complexity index is 2210. The Hall–Kier alpha value is -5.10. The Morgan fingerprint density at radius 3 is 2.33 bits per heavy atom. The first-order valence-corrected chi connectivity index (χ1v) is 17.1. The van der Waals surface area contributed by atoms with Crippen LogP contribution in [-0.4, -0.2) is 41.7 Å². The Labute approximate surface area is 297 Å². The van der Waals surface area contributed by atoms with E-state index in [1.807, 2.05) is 53.1 Å². The monoisotopic (exact) mass is 714 g/mol. The van der Waals surface area contributed by atoms with Gasteiger partial charge in [0, 0.05) is 50.5 Å². The standard InChI is InChI=1S/C39H37F3N4O4S/c1-37(2,3)51-34-31-17-30(49-23-28-13-10-26-8-6-7-9-32(26)45-28)21-44-35(31)46(33(34)18-38(4,5)36(47)48)22-24-16-27(20-43-19-24)25-11-14-29(15-12-25)50-39(40,41)42/h6-17,19-21H,18,22-23H2,1-5H3,(H,47,48). The molecule has 4 aromatic heterocycles. The maximum atomic E-state index is 12.7. The van der Waals surface area contributed by atoms with Gasteiger partial charge in [-0.1, -0.05) is 57.2 Å². The molecule has 6 rings (SSSR count). The van der Waals surface area contributed by atoms with Crippen LogP contribution in [0.2, 0.25) is 0 Å². The number of para-hydroxylation sites is 1. The van der Waals surface area contributed by atoms with E-state index in [4.69, 9.17) is 14.7 Å². The van der Waals surface area contributed by atoms with Crippen molar-refractivity contribution in [1.82, 2.24) is 19.5 Å². The lowest BCUT2D eigenvalue weighted by Gasteiger charge is -2.24. The second-order valence-electron chi connectivity index (χ2n) is 13.9. The highest BCUT2D eigenvalue weighted by molar-refractivity contribution is 8.00. The van der Waals surface area contributed by atoms with Gasteiger partial charge >= 0.3 is 12.3 Å². The van der Waals surface area contributed by atoms with Gasteiger partial charge in [0.2, 0.25) is 0 Å². The number of carboxylic acids is 1. The van der Waals surface area contributed by atoms with E-state index in [2.05, 4.69) is 30.5 Å². The van der Waals surface area contributed by atoms with Crippen LogP contribution in [0.25, 0.3) is 33.1 Å². The average Bonchev–Trinajstić information content (AvgIpc) is 3.32. The highest BCUT2D eigenvalue weighted by Gasteiger charge is 2.33. The lowest BCUT2D eigenvalue weighted by atomic mass is 9.88.